The molecule has 158 valence electrons. The summed E-state index contributed by atoms with van der Waals surface area (Å²) in [6.45, 7) is -1.42. The molecular weight excluding hydrogens is 382 g/mol. The van der Waals surface area contributed by atoms with Crippen molar-refractivity contribution in [2.45, 2.75) is 19.6 Å². The van der Waals surface area contributed by atoms with Crippen LogP contribution in [-0.4, -0.2) is 46.9 Å². The van der Waals surface area contributed by atoms with Crippen molar-refractivity contribution >= 4 is 5.91 Å². The van der Waals surface area contributed by atoms with Crippen molar-refractivity contribution in [3.05, 3.63) is 53.6 Å². The summed E-state index contributed by atoms with van der Waals surface area (Å²) in [6.07, 6.45) is 0.603. The van der Waals surface area contributed by atoms with Gasteiger partial charge in [0, 0.05) is 18.2 Å². The Bertz CT molecular complexity index is 785. The number of hydrogen-bond donors (Lipinski definition) is 2. The molecule has 0 saturated carbocycles. The molecule has 2 aromatic carbocycles. The summed E-state index contributed by atoms with van der Waals surface area (Å²) < 4.78 is 39.2. The van der Waals surface area contributed by atoms with Gasteiger partial charge in [-0.1, -0.05) is 12.1 Å². The summed E-state index contributed by atoms with van der Waals surface area (Å²) in [7, 11) is 5.14. The first-order valence-electron chi connectivity index (χ1n) is 9.24. The Kier molecular flexibility index (Phi) is 8.67. The zero-order valence-electron chi connectivity index (χ0n) is 16.8. The van der Waals surface area contributed by atoms with Crippen molar-refractivity contribution in [1.29, 1.82) is 0 Å². The van der Waals surface area contributed by atoms with Crippen molar-refractivity contribution in [2.24, 2.45) is 0 Å². The minimum Gasteiger partial charge on any atom is -0.497 e. The average molecular weight is 409 g/mol. The summed E-state index contributed by atoms with van der Waals surface area (Å²) in [5, 5.41) is 2.88. The van der Waals surface area contributed by atoms with Crippen LogP contribution in [0, 0.1) is 0 Å². The molecule has 0 spiro atoms. The van der Waals surface area contributed by atoms with Crippen LogP contribution in [0.1, 0.15) is 11.1 Å². The average Bonchev–Trinajstić information content (AvgIpc) is 2.69. The number of amides is 1. The third-order valence-electron chi connectivity index (χ3n) is 4.33. The maximum Gasteiger partial charge on any atom is 0.387 e. The van der Waals surface area contributed by atoms with Crippen LogP contribution in [0.4, 0.5) is 8.78 Å². The maximum atomic E-state index is 12.2. The van der Waals surface area contributed by atoms with Gasteiger partial charge in [-0.2, -0.15) is 8.78 Å². The van der Waals surface area contributed by atoms with E-state index in [4.69, 9.17) is 9.47 Å². The molecule has 2 aromatic rings. The van der Waals surface area contributed by atoms with E-state index in [1.165, 1.54) is 12.1 Å². The topological polar surface area (TPSA) is 61.2 Å². The van der Waals surface area contributed by atoms with Crippen LogP contribution in [0.25, 0.3) is 0 Å². The number of ether oxygens (including phenoxy) is 3. The Morgan fingerprint density at radius 3 is 2.38 bits per heavy atom. The molecule has 0 aromatic heterocycles. The van der Waals surface area contributed by atoms with Crippen molar-refractivity contribution in [3.8, 4) is 17.2 Å². The van der Waals surface area contributed by atoms with E-state index in [0.717, 1.165) is 27.5 Å². The number of carbonyl (C=O) groups is 1. The number of hydrogen-bond acceptors (Lipinski definition) is 4. The van der Waals surface area contributed by atoms with Crippen molar-refractivity contribution in [2.75, 3.05) is 34.4 Å². The van der Waals surface area contributed by atoms with Crippen molar-refractivity contribution in [1.82, 2.24) is 5.32 Å². The lowest BCUT2D eigenvalue weighted by Crippen LogP contribution is -3.08. The zero-order chi connectivity index (χ0) is 21.2. The molecule has 1 atom stereocenters. The highest BCUT2D eigenvalue weighted by Crippen LogP contribution is 2.23. The van der Waals surface area contributed by atoms with E-state index < -0.39 is 6.61 Å². The van der Waals surface area contributed by atoms with E-state index in [9.17, 15) is 13.6 Å². The summed E-state index contributed by atoms with van der Waals surface area (Å²) >= 11 is 0. The zero-order valence-corrected chi connectivity index (χ0v) is 16.8. The molecule has 6 nitrogen and oxygen atoms in total. The molecule has 1 amide bonds. The highest BCUT2D eigenvalue weighted by atomic mass is 19.3. The Morgan fingerprint density at radius 2 is 1.76 bits per heavy atom. The van der Waals surface area contributed by atoms with E-state index >= 15 is 0 Å². The Balaban J connectivity index is 1.76. The van der Waals surface area contributed by atoms with Gasteiger partial charge in [-0.05, 0) is 36.2 Å². The number of likely N-dealkylation sites (N-methyl/N-ethyl adjacent to an activating group) is 1. The van der Waals surface area contributed by atoms with E-state index in [1.807, 2.05) is 25.2 Å². The summed E-state index contributed by atoms with van der Waals surface area (Å²) in [6, 6.07) is 12.0. The molecule has 0 heterocycles. The number of benzene rings is 2. The fraction of sp³-hybridized carbons (Fsp3) is 0.381. The highest BCUT2D eigenvalue weighted by molar-refractivity contribution is 5.76. The molecule has 1 unspecified atom stereocenters. The largest absolute Gasteiger partial charge is 0.497 e. The first-order chi connectivity index (χ1) is 13.9. The first-order valence-corrected chi connectivity index (χ1v) is 9.24. The SMILES string of the molecule is COc1ccc(C[NH+](C)CC(=O)NCCc2ccc(OC(F)F)cc2)c(OC)c1. The Morgan fingerprint density at radius 1 is 1.07 bits per heavy atom. The lowest BCUT2D eigenvalue weighted by Gasteiger charge is -2.16. The van der Waals surface area contributed by atoms with Crippen LogP contribution >= 0.6 is 0 Å². The number of nitrogens with one attached hydrogen (secondary N) is 2. The monoisotopic (exact) mass is 409 g/mol. The van der Waals surface area contributed by atoms with Gasteiger partial charge in [0.25, 0.3) is 5.91 Å². The normalized spacial score (nSPS) is 11.8. The molecule has 0 bridgehead atoms. The molecule has 0 saturated heterocycles. The molecular formula is C21H27F2N2O4+. The minimum atomic E-state index is -2.84. The predicted molar refractivity (Wildman–Crippen MR) is 105 cm³/mol. The summed E-state index contributed by atoms with van der Waals surface area (Å²) in [4.78, 5) is 13.2. The molecule has 0 aliphatic heterocycles. The second-order valence-corrected chi connectivity index (χ2v) is 6.61. The van der Waals surface area contributed by atoms with Crippen molar-refractivity contribution in [3.63, 3.8) is 0 Å². The number of rotatable bonds is 11. The second-order valence-electron chi connectivity index (χ2n) is 6.61. The van der Waals surface area contributed by atoms with Crippen LogP contribution in [0.15, 0.2) is 42.5 Å². The van der Waals surface area contributed by atoms with Crippen LogP contribution in [-0.2, 0) is 17.8 Å². The van der Waals surface area contributed by atoms with Gasteiger partial charge in [0.05, 0.1) is 21.3 Å². The summed E-state index contributed by atoms with van der Waals surface area (Å²) in [5.74, 6) is 1.50. The van der Waals surface area contributed by atoms with Crippen molar-refractivity contribution < 1.29 is 32.7 Å². The fourth-order valence-electron chi connectivity index (χ4n) is 2.91. The van der Waals surface area contributed by atoms with Gasteiger partial charge in [-0.3, -0.25) is 4.79 Å². The van der Waals surface area contributed by atoms with Crippen LogP contribution in [0.5, 0.6) is 17.2 Å². The molecule has 29 heavy (non-hydrogen) atoms. The standard InChI is InChI=1S/C21H26F2N2O4/c1-25(13-16-6-9-18(27-2)12-19(16)28-3)14-20(26)24-11-10-15-4-7-17(8-5-15)29-21(22)23/h4-9,12,21H,10-11,13-14H2,1-3H3,(H,24,26)/p+1. The number of carbonyl (C=O) groups excluding carboxylic acids is 1. The first kappa shape index (κ1) is 22.4. The summed E-state index contributed by atoms with van der Waals surface area (Å²) in [5.41, 5.74) is 1.92. The predicted octanol–water partition coefficient (Wildman–Crippen LogP) is 1.68. The molecule has 2 rings (SSSR count). The molecule has 0 radical (unpaired) electrons. The molecule has 8 heteroatoms. The quantitative estimate of drug-likeness (QED) is 0.593. The van der Waals surface area contributed by atoms with Gasteiger partial charge >= 0.3 is 6.61 Å². The molecule has 0 aliphatic carbocycles. The third kappa shape index (κ3) is 7.57. The Labute approximate surface area is 169 Å². The van der Waals surface area contributed by atoms with Gasteiger partial charge in [-0.25, -0.2) is 0 Å². The molecule has 0 fully saturated rings. The van der Waals surface area contributed by atoms with Crippen LogP contribution < -0.4 is 24.4 Å². The van der Waals surface area contributed by atoms with Gasteiger partial charge in [-0.15, -0.1) is 0 Å². The van der Waals surface area contributed by atoms with E-state index in [-0.39, 0.29) is 11.7 Å². The lowest BCUT2D eigenvalue weighted by molar-refractivity contribution is -0.885. The number of methoxy groups -OCH3 is 2. The van der Waals surface area contributed by atoms with Crippen LogP contribution in [0.2, 0.25) is 0 Å². The lowest BCUT2D eigenvalue weighted by atomic mass is 10.1. The van der Waals surface area contributed by atoms with Gasteiger partial charge in [0.1, 0.15) is 23.8 Å². The molecule has 2 N–H and O–H groups in total. The maximum absolute atomic E-state index is 12.2. The minimum absolute atomic E-state index is 0.0624. The van der Waals surface area contributed by atoms with Gasteiger partial charge < -0.3 is 24.4 Å². The second kappa shape index (κ2) is 11.2. The number of halogens is 2. The highest BCUT2D eigenvalue weighted by Gasteiger charge is 2.14. The number of quaternary nitrogens is 1. The fourth-order valence-corrected chi connectivity index (χ4v) is 2.91. The Hall–Kier alpha value is -2.87. The number of alkyl halides is 2. The van der Waals surface area contributed by atoms with Gasteiger partial charge in [0.15, 0.2) is 6.54 Å². The molecule has 0 aliphatic rings. The van der Waals surface area contributed by atoms with Gasteiger partial charge in [0.2, 0.25) is 0 Å². The van der Waals surface area contributed by atoms with E-state index in [2.05, 4.69) is 10.1 Å². The van der Waals surface area contributed by atoms with E-state index in [0.29, 0.717) is 26.1 Å². The van der Waals surface area contributed by atoms with E-state index in [1.54, 1.807) is 26.4 Å². The third-order valence-corrected chi connectivity index (χ3v) is 4.33. The van der Waals surface area contributed by atoms with Crippen LogP contribution in [0.3, 0.4) is 0 Å². The smallest absolute Gasteiger partial charge is 0.387 e.